The molecule has 0 radical (unpaired) electrons. The van der Waals surface area contributed by atoms with Crippen molar-refractivity contribution in [2.45, 2.75) is 26.0 Å². The van der Waals surface area contributed by atoms with Crippen molar-refractivity contribution < 1.29 is 13.9 Å². The molecule has 0 saturated carbocycles. The van der Waals surface area contributed by atoms with Crippen molar-refractivity contribution in [3.63, 3.8) is 0 Å². The maximum absolute atomic E-state index is 14.6. The molecular weight excluding hydrogens is 366 g/mol. The van der Waals surface area contributed by atoms with Gasteiger partial charge in [0.05, 0.1) is 17.8 Å². The van der Waals surface area contributed by atoms with Crippen LogP contribution in [0.4, 0.5) is 14.6 Å². The second kappa shape index (κ2) is 7.40. The van der Waals surface area contributed by atoms with Gasteiger partial charge in [-0.05, 0) is 18.1 Å². The normalized spacial score (nSPS) is 18.8. The van der Waals surface area contributed by atoms with E-state index < -0.39 is 17.7 Å². The molecule has 1 aliphatic heterocycles. The molecule has 1 aliphatic rings. The lowest BCUT2D eigenvalue weighted by molar-refractivity contribution is 0.0810. The Labute approximate surface area is 160 Å². The zero-order valence-electron chi connectivity index (χ0n) is 15.7. The third-order valence-electron chi connectivity index (χ3n) is 5.08. The third-order valence-corrected chi connectivity index (χ3v) is 5.08. The van der Waals surface area contributed by atoms with Gasteiger partial charge >= 0.3 is 0 Å². The Kier molecular flexibility index (Phi) is 4.94. The summed E-state index contributed by atoms with van der Waals surface area (Å²) in [6, 6.07) is 4.10. The minimum atomic E-state index is -0.774. The van der Waals surface area contributed by atoms with E-state index in [1.54, 1.807) is 23.2 Å². The Balaban J connectivity index is 1.72. The van der Waals surface area contributed by atoms with Crippen LogP contribution in [0.1, 0.15) is 13.8 Å². The zero-order chi connectivity index (χ0) is 19.8. The standard InChI is InChI=1S/C19H22F2N6O/c1-10(2)17(28)14-9-27(7-6-22-14)19-13(21)8-12(20)16(24-19)15-11-4-3-5-23-18(11)26-25-15/h3-5,8,10,14,17,22,28H,6-7,9H2,1-2H3,(H,23,25,26)/t14-,17+/m0/s1. The van der Waals surface area contributed by atoms with E-state index in [1.807, 2.05) is 13.8 Å². The highest BCUT2D eigenvalue weighted by atomic mass is 19.1. The SMILES string of the molecule is CC(C)[C@@H](O)[C@@H]1CN(c2nc(-c3[nH]nc4ncccc34)c(F)cc2F)CCN1. The molecule has 0 spiro atoms. The average Bonchev–Trinajstić information content (AvgIpc) is 3.11. The molecule has 4 rings (SSSR count). The van der Waals surface area contributed by atoms with Crippen LogP contribution in [-0.4, -0.2) is 57.1 Å². The number of aromatic amines is 1. The highest BCUT2D eigenvalue weighted by Gasteiger charge is 2.30. The number of halogens is 2. The smallest absolute Gasteiger partial charge is 0.181 e. The number of hydrogen-bond donors (Lipinski definition) is 3. The van der Waals surface area contributed by atoms with Gasteiger partial charge in [0.2, 0.25) is 0 Å². The first kappa shape index (κ1) is 18.7. The molecular formula is C19H22F2N6O. The van der Waals surface area contributed by atoms with E-state index in [4.69, 9.17) is 0 Å². The summed E-state index contributed by atoms with van der Waals surface area (Å²) in [7, 11) is 0. The first-order valence-corrected chi connectivity index (χ1v) is 9.27. The first-order valence-electron chi connectivity index (χ1n) is 9.27. The van der Waals surface area contributed by atoms with Crippen LogP contribution in [-0.2, 0) is 0 Å². The third kappa shape index (κ3) is 3.31. The number of fused-ring (bicyclic) bond motifs is 1. The molecule has 3 aromatic rings. The maximum atomic E-state index is 14.6. The van der Waals surface area contributed by atoms with Gasteiger partial charge in [-0.3, -0.25) is 5.10 Å². The topological polar surface area (TPSA) is 90.0 Å². The average molecular weight is 388 g/mol. The Morgan fingerprint density at radius 3 is 2.89 bits per heavy atom. The minimum absolute atomic E-state index is 0.00797. The van der Waals surface area contributed by atoms with E-state index in [-0.39, 0.29) is 23.5 Å². The number of pyridine rings is 2. The van der Waals surface area contributed by atoms with E-state index in [0.717, 1.165) is 6.07 Å². The summed E-state index contributed by atoms with van der Waals surface area (Å²) in [5.41, 5.74) is 0.786. The summed E-state index contributed by atoms with van der Waals surface area (Å²) >= 11 is 0. The number of anilines is 1. The minimum Gasteiger partial charge on any atom is -0.391 e. The number of H-pyrrole nitrogens is 1. The summed E-state index contributed by atoms with van der Waals surface area (Å²) in [5, 5.41) is 21.1. The van der Waals surface area contributed by atoms with E-state index in [2.05, 4.69) is 25.5 Å². The number of aliphatic hydroxyl groups excluding tert-OH is 1. The summed E-state index contributed by atoms with van der Waals surface area (Å²) < 4.78 is 29.2. The van der Waals surface area contributed by atoms with Crippen molar-refractivity contribution in [1.29, 1.82) is 0 Å². The number of aromatic nitrogens is 4. The highest BCUT2D eigenvalue weighted by molar-refractivity contribution is 5.89. The molecule has 0 unspecified atom stereocenters. The molecule has 3 N–H and O–H groups in total. The lowest BCUT2D eigenvalue weighted by Gasteiger charge is -2.38. The van der Waals surface area contributed by atoms with Gasteiger partial charge < -0.3 is 15.3 Å². The Hall–Kier alpha value is -2.65. The zero-order valence-corrected chi connectivity index (χ0v) is 15.7. The van der Waals surface area contributed by atoms with Gasteiger partial charge in [-0.15, -0.1) is 0 Å². The summed E-state index contributed by atoms with van der Waals surface area (Å²) in [6.45, 7) is 5.30. The predicted octanol–water partition coefficient (Wildman–Crippen LogP) is 2.09. The number of aliphatic hydroxyl groups is 1. The molecule has 1 fully saturated rings. The molecule has 0 amide bonds. The van der Waals surface area contributed by atoms with Crippen LogP contribution >= 0.6 is 0 Å². The van der Waals surface area contributed by atoms with Crippen LogP contribution in [0.15, 0.2) is 24.4 Å². The molecule has 0 bridgehead atoms. The molecule has 148 valence electrons. The van der Waals surface area contributed by atoms with Crippen molar-refractivity contribution in [3.05, 3.63) is 36.0 Å². The van der Waals surface area contributed by atoms with Crippen LogP contribution in [0.3, 0.4) is 0 Å². The van der Waals surface area contributed by atoms with E-state index in [1.165, 1.54) is 0 Å². The summed E-state index contributed by atoms with van der Waals surface area (Å²) in [5.74, 6) is -1.39. The van der Waals surface area contributed by atoms with Gasteiger partial charge in [0.25, 0.3) is 0 Å². The first-order chi connectivity index (χ1) is 13.5. The molecule has 1 saturated heterocycles. The lowest BCUT2D eigenvalue weighted by Crippen LogP contribution is -2.57. The van der Waals surface area contributed by atoms with Crippen molar-refractivity contribution in [3.8, 4) is 11.4 Å². The molecule has 2 atom stereocenters. The second-order valence-corrected chi connectivity index (χ2v) is 7.34. The van der Waals surface area contributed by atoms with Gasteiger partial charge in [0, 0.05) is 37.3 Å². The highest BCUT2D eigenvalue weighted by Crippen LogP contribution is 2.30. The molecule has 4 heterocycles. The van der Waals surface area contributed by atoms with Gasteiger partial charge in [-0.2, -0.15) is 5.10 Å². The maximum Gasteiger partial charge on any atom is 0.181 e. The van der Waals surface area contributed by atoms with Gasteiger partial charge in [0.15, 0.2) is 23.1 Å². The number of rotatable bonds is 4. The Morgan fingerprint density at radius 1 is 1.29 bits per heavy atom. The molecule has 0 aromatic carbocycles. The molecule has 28 heavy (non-hydrogen) atoms. The molecule has 0 aliphatic carbocycles. The summed E-state index contributed by atoms with van der Waals surface area (Å²) in [4.78, 5) is 10.2. The lowest BCUT2D eigenvalue weighted by atomic mass is 9.98. The fraction of sp³-hybridized carbons (Fsp3) is 0.421. The summed E-state index contributed by atoms with van der Waals surface area (Å²) in [6.07, 6.45) is 1.02. The van der Waals surface area contributed by atoms with Crippen molar-refractivity contribution in [1.82, 2.24) is 25.5 Å². The van der Waals surface area contributed by atoms with Gasteiger partial charge in [-0.1, -0.05) is 13.8 Å². The van der Waals surface area contributed by atoms with Crippen LogP contribution < -0.4 is 10.2 Å². The molecule has 9 heteroatoms. The molecule has 7 nitrogen and oxygen atoms in total. The fourth-order valence-corrected chi connectivity index (χ4v) is 3.55. The number of nitrogens with zero attached hydrogens (tertiary/aromatic N) is 4. The Bertz CT molecular complexity index is 992. The van der Waals surface area contributed by atoms with Gasteiger partial charge in [0.1, 0.15) is 5.69 Å². The predicted molar refractivity (Wildman–Crippen MR) is 102 cm³/mol. The van der Waals surface area contributed by atoms with Crippen LogP contribution in [0.2, 0.25) is 0 Å². The fourth-order valence-electron chi connectivity index (χ4n) is 3.55. The number of nitrogens with one attached hydrogen (secondary N) is 2. The van der Waals surface area contributed by atoms with Crippen LogP contribution in [0.5, 0.6) is 0 Å². The Morgan fingerprint density at radius 2 is 2.11 bits per heavy atom. The monoisotopic (exact) mass is 388 g/mol. The molecule has 3 aromatic heterocycles. The van der Waals surface area contributed by atoms with Crippen molar-refractivity contribution in [2.24, 2.45) is 5.92 Å². The quantitative estimate of drug-likeness (QED) is 0.634. The van der Waals surface area contributed by atoms with Crippen molar-refractivity contribution >= 4 is 16.9 Å². The number of piperazine rings is 1. The van der Waals surface area contributed by atoms with E-state index >= 15 is 0 Å². The largest absolute Gasteiger partial charge is 0.391 e. The van der Waals surface area contributed by atoms with Crippen LogP contribution in [0, 0.1) is 17.6 Å². The van der Waals surface area contributed by atoms with Crippen molar-refractivity contribution in [2.75, 3.05) is 24.5 Å². The second-order valence-electron chi connectivity index (χ2n) is 7.34. The van der Waals surface area contributed by atoms with E-state index in [9.17, 15) is 13.9 Å². The van der Waals surface area contributed by atoms with E-state index in [0.29, 0.717) is 36.4 Å². The number of hydrogen-bond acceptors (Lipinski definition) is 6. The van der Waals surface area contributed by atoms with Gasteiger partial charge in [-0.25, -0.2) is 18.7 Å². The van der Waals surface area contributed by atoms with Crippen LogP contribution in [0.25, 0.3) is 22.4 Å².